The van der Waals surface area contributed by atoms with E-state index < -0.39 is 15.3 Å². The molecule has 0 aromatic carbocycles. The van der Waals surface area contributed by atoms with Gasteiger partial charge in [-0.15, -0.1) is 0 Å². The molecule has 0 radical (unpaired) electrons. The van der Waals surface area contributed by atoms with E-state index in [1.807, 2.05) is 0 Å². The van der Waals surface area contributed by atoms with Crippen LogP contribution in [0.4, 0.5) is 0 Å². The predicted molar refractivity (Wildman–Crippen MR) is 59.8 cm³/mol. The molecule has 1 aromatic rings. The quantitative estimate of drug-likeness (QED) is 0.915. The molecule has 0 unspecified atom stereocenters. The normalized spacial score (nSPS) is 12.3. The Bertz CT molecular complexity index is 439. The highest BCUT2D eigenvalue weighted by Crippen LogP contribution is 2.20. The molecule has 0 fully saturated rings. The molecule has 0 bridgehead atoms. The van der Waals surface area contributed by atoms with Gasteiger partial charge >= 0.3 is 0 Å². The Balaban J connectivity index is 2.70. The van der Waals surface area contributed by atoms with E-state index in [2.05, 4.69) is 25.8 Å². The zero-order valence-electron chi connectivity index (χ0n) is 8.74. The number of hydrogen-bond acceptors (Lipinski definition) is 4. The van der Waals surface area contributed by atoms with E-state index in [1.54, 1.807) is 20.8 Å². The molecule has 1 heterocycles. The van der Waals surface area contributed by atoms with E-state index in [0.717, 1.165) is 0 Å². The van der Waals surface area contributed by atoms with Gasteiger partial charge in [-0.2, -0.15) is 0 Å². The lowest BCUT2D eigenvalue weighted by Gasteiger charge is -2.07. The van der Waals surface area contributed by atoms with Gasteiger partial charge < -0.3 is 4.52 Å². The highest BCUT2D eigenvalue weighted by Gasteiger charge is 2.17. The Morgan fingerprint density at radius 1 is 1.53 bits per heavy atom. The molecule has 0 spiro atoms. The van der Waals surface area contributed by atoms with Crippen molar-refractivity contribution in [2.45, 2.75) is 32.6 Å². The lowest BCUT2D eigenvalue weighted by atomic mass is 10.4. The average Bonchev–Trinajstić information content (AvgIpc) is 2.45. The van der Waals surface area contributed by atoms with Gasteiger partial charge in [0.15, 0.2) is 0 Å². The Kier molecular flexibility index (Phi) is 3.91. The minimum atomic E-state index is -3.26. The third kappa shape index (κ3) is 3.02. The predicted octanol–water partition coefficient (Wildman–Crippen LogP) is 1.57. The second kappa shape index (κ2) is 4.63. The van der Waals surface area contributed by atoms with Crippen molar-refractivity contribution in [2.24, 2.45) is 0 Å². The number of aromatic nitrogens is 1. The van der Waals surface area contributed by atoms with Crippen LogP contribution < -0.4 is 4.72 Å². The molecular weight excluding hydrogens is 284 g/mol. The number of hydrogen-bond donors (Lipinski definition) is 1. The molecule has 1 aromatic heterocycles. The third-order valence-electron chi connectivity index (χ3n) is 1.92. The third-order valence-corrected chi connectivity index (χ3v) is 4.72. The van der Waals surface area contributed by atoms with Crippen LogP contribution in [-0.4, -0.2) is 18.8 Å². The molecule has 86 valence electrons. The second-order valence-electron chi connectivity index (χ2n) is 3.41. The first-order valence-electron chi connectivity index (χ1n) is 4.43. The molecule has 0 amide bonds. The van der Waals surface area contributed by atoms with Crippen LogP contribution in [0.25, 0.3) is 0 Å². The van der Waals surface area contributed by atoms with Crippen LogP contribution in [0.2, 0.25) is 0 Å². The van der Waals surface area contributed by atoms with Gasteiger partial charge in [0.05, 0.1) is 16.3 Å². The first-order valence-corrected chi connectivity index (χ1v) is 6.77. The molecule has 7 heteroatoms. The summed E-state index contributed by atoms with van der Waals surface area (Å²) in [6, 6.07) is 0. The summed E-state index contributed by atoms with van der Waals surface area (Å²) in [4.78, 5) is 0. The number of nitrogens with one attached hydrogen (secondary N) is 1. The molecule has 1 N–H and O–H groups in total. The minimum Gasteiger partial charge on any atom is -0.360 e. The maximum atomic E-state index is 11.4. The van der Waals surface area contributed by atoms with Crippen LogP contribution in [0.3, 0.4) is 0 Å². The van der Waals surface area contributed by atoms with Gasteiger partial charge in [-0.25, -0.2) is 13.1 Å². The van der Waals surface area contributed by atoms with Crippen molar-refractivity contribution < 1.29 is 12.9 Å². The summed E-state index contributed by atoms with van der Waals surface area (Å²) in [6.45, 7) is 5.12. The summed E-state index contributed by atoms with van der Waals surface area (Å²) in [5, 5.41) is 3.27. The molecule has 1 rings (SSSR count). The monoisotopic (exact) mass is 296 g/mol. The first kappa shape index (κ1) is 12.7. The van der Waals surface area contributed by atoms with Gasteiger partial charge in [0.2, 0.25) is 10.0 Å². The van der Waals surface area contributed by atoms with Crippen LogP contribution >= 0.6 is 15.9 Å². The van der Waals surface area contributed by atoms with E-state index in [4.69, 9.17) is 4.52 Å². The maximum absolute atomic E-state index is 11.4. The van der Waals surface area contributed by atoms with Crippen LogP contribution in [0, 0.1) is 6.92 Å². The fraction of sp³-hybridized carbons (Fsp3) is 0.625. The lowest BCUT2D eigenvalue weighted by Crippen LogP contribution is -2.30. The van der Waals surface area contributed by atoms with E-state index in [9.17, 15) is 8.42 Å². The Morgan fingerprint density at radius 3 is 2.53 bits per heavy atom. The largest absolute Gasteiger partial charge is 0.360 e. The standard InChI is InChI=1S/C8H13BrN2O3S/c1-5(2)15(12,13)10-4-7-8(9)6(3)14-11-7/h5,10H,4H2,1-3H3. The number of sulfonamides is 1. The van der Waals surface area contributed by atoms with Gasteiger partial charge in [-0.1, -0.05) is 5.16 Å². The number of aryl methyl sites for hydroxylation is 1. The number of rotatable bonds is 4. The smallest absolute Gasteiger partial charge is 0.214 e. The second-order valence-corrected chi connectivity index (χ2v) is 6.53. The van der Waals surface area contributed by atoms with Crippen molar-refractivity contribution in [2.75, 3.05) is 0 Å². The summed E-state index contributed by atoms with van der Waals surface area (Å²) < 4.78 is 30.9. The molecule has 5 nitrogen and oxygen atoms in total. The molecule has 0 aliphatic carbocycles. The van der Waals surface area contributed by atoms with Crippen LogP contribution in [0.15, 0.2) is 9.00 Å². The molecular formula is C8H13BrN2O3S. The molecule has 0 atom stereocenters. The topological polar surface area (TPSA) is 72.2 Å². The van der Waals surface area contributed by atoms with Gasteiger partial charge in [0, 0.05) is 0 Å². The molecule has 0 aliphatic heterocycles. The van der Waals surface area contributed by atoms with Gasteiger partial charge in [0.25, 0.3) is 0 Å². The van der Waals surface area contributed by atoms with E-state index in [0.29, 0.717) is 15.9 Å². The van der Waals surface area contributed by atoms with Gasteiger partial charge in [-0.05, 0) is 36.7 Å². The van der Waals surface area contributed by atoms with Crippen molar-refractivity contribution in [3.8, 4) is 0 Å². The SMILES string of the molecule is Cc1onc(CNS(=O)(=O)C(C)C)c1Br. The first-order chi connectivity index (χ1) is 6.84. The van der Waals surface area contributed by atoms with E-state index >= 15 is 0 Å². The number of halogens is 1. The van der Waals surface area contributed by atoms with Gasteiger partial charge in [0.1, 0.15) is 11.5 Å². The van der Waals surface area contributed by atoms with Crippen LogP contribution in [-0.2, 0) is 16.6 Å². The highest BCUT2D eigenvalue weighted by atomic mass is 79.9. The van der Waals surface area contributed by atoms with E-state index in [1.165, 1.54) is 0 Å². The van der Waals surface area contributed by atoms with Crippen LogP contribution in [0.5, 0.6) is 0 Å². The zero-order valence-corrected chi connectivity index (χ0v) is 11.1. The fourth-order valence-corrected chi connectivity index (χ4v) is 1.81. The lowest BCUT2D eigenvalue weighted by molar-refractivity contribution is 0.389. The maximum Gasteiger partial charge on any atom is 0.214 e. The zero-order chi connectivity index (χ0) is 11.6. The summed E-state index contributed by atoms with van der Waals surface area (Å²) in [5.41, 5.74) is 0.553. The Hall–Kier alpha value is -0.400. The Labute approximate surface area is 97.4 Å². The van der Waals surface area contributed by atoms with Crippen molar-refractivity contribution in [1.29, 1.82) is 0 Å². The summed E-state index contributed by atoms with van der Waals surface area (Å²) in [7, 11) is -3.26. The summed E-state index contributed by atoms with van der Waals surface area (Å²) in [5.74, 6) is 0.633. The summed E-state index contributed by atoms with van der Waals surface area (Å²) >= 11 is 3.26. The van der Waals surface area contributed by atoms with Crippen molar-refractivity contribution in [1.82, 2.24) is 9.88 Å². The molecule has 15 heavy (non-hydrogen) atoms. The molecule has 0 saturated carbocycles. The molecule has 0 saturated heterocycles. The number of nitrogens with zero attached hydrogens (tertiary/aromatic N) is 1. The highest BCUT2D eigenvalue weighted by molar-refractivity contribution is 9.10. The van der Waals surface area contributed by atoms with Crippen molar-refractivity contribution >= 4 is 26.0 Å². The van der Waals surface area contributed by atoms with Crippen molar-refractivity contribution in [3.63, 3.8) is 0 Å². The fourth-order valence-electron chi connectivity index (χ4n) is 0.852. The van der Waals surface area contributed by atoms with Crippen LogP contribution in [0.1, 0.15) is 25.3 Å². The van der Waals surface area contributed by atoms with Crippen molar-refractivity contribution in [3.05, 3.63) is 15.9 Å². The molecule has 0 aliphatic rings. The average molecular weight is 297 g/mol. The van der Waals surface area contributed by atoms with Gasteiger partial charge in [-0.3, -0.25) is 0 Å². The van der Waals surface area contributed by atoms with E-state index in [-0.39, 0.29) is 6.54 Å². The summed E-state index contributed by atoms with van der Waals surface area (Å²) in [6.07, 6.45) is 0. The Morgan fingerprint density at radius 2 is 2.13 bits per heavy atom. The minimum absolute atomic E-state index is 0.137.